The van der Waals surface area contributed by atoms with Gasteiger partial charge in [-0.1, -0.05) is 60.1 Å². The molecule has 0 unspecified atom stereocenters. The Morgan fingerprint density at radius 1 is 0.917 bits per heavy atom. The van der Waals surface area contributed by atoms with Gasteiger partial charge in [-0.2, -0.15) is 4.98 Å². The number of hydrogen-bond donors (Lipinski definition) is 2. The lowest BCUT2D eigenvalue weighted by atomic mass is 10.1. The van der Waals surface area contributed by atoms with E-state index in [2.05, 4.69) is 20.6 Å². The maximum Gasteiger partial charge on any atom is 0.225 e. The average molecular weight is 339 g/mol. The molecule has 0 aliphatic carbocycles. The summed E-state index contributed by atoms with van der Waals surface area (Å²) < 4.78 is 0. The fourth-order valence-electron chi connectivity index (χ4n) is 2.36. The Morgan fingerprint density at radius 3 is 2.42 bits per heavy atom. The van der Waals surface area contributed by atoms with E-state index in [9.17, 15) is 0 Å². The molecule has 3 rings (SSSR count). The fraction of sp³-hybridized carbons (Fsp3) is 0.158. The summed E-state index contributed by atoms with van der Waals surface area (Å²) in [5.74, 6) is 1.38. The molecule has 0 fully saturated rings. The molecule has 0 atom stereocenters. The highest BCUT2D eigenvalue weighted by Crippen LogP contribution is 2.22. The first-order chi connectivity index (χ1) is 11.8. The van der Waals surface area contributed by atoms with Crippen molar-refractivity contribution in [3.63, 3.8) is 0 Å². The summed E-state index contributed by atoms with van der Waals surface area (Å²) in [7, 11) is 0. The first-order valence-corrected chi connectivity index (χ1v) is 8.29. The smallest absolute Gasteiger partial charge is 0.225 e. The third kappa shape index (κ3) is 4.03. The lowest BCUT2D eigenvalue weighted by Crippen LogP contribution is -2.07. The van der Waals surface area contributed by atoms with Crippen molar-refractivity contribution < 1.29 is 0 Å². The van der Waals surface area contributed by atoms with Crippen molar-refractivity contribution in [2.45, 2.75) is 13.5 Å². The second-order valence-corrected chi connectivity index (χ2v) is 5.71. The monoisotopic (exact) mass is 338 g/mol. The van der Waals surface area contributed by atoms with Gasteiger partial charge in [0.1, 0.15) is 5.82 Å². The summed E-state index contributed by atoms with van der Waals surface area (Å²) in [6.45, 7) is 3.40. The second-order valence-electron chi connectivity index (χ2n) is 5.30. The minimum Gasteiger partial charge on any atom is -0.366 e. The van der Waals surface area contributed by atoms with E-state index >= 15 is 0 Å². The maximum absolute atomic E-state index is 6.21. The highest BCUT2D eigenvalue weighted by atomic mass is 35.5. The standard InChI is InChI=1S/C19H19ClN4/c1-2-21-19-23-17(14-8-4-3-5-9-14)12-18(24-19)22-13-15-10-6-7-11-16(15)20/h3-12H,2,13H2,1H3,(H2,21,22,23,24). The van der Waals surface area contributed by atoms with Crippen molar-refractivity contribution >= 4 is 23.4 Å². The van der Waals surface area contributed by atoms with Crippen LogP contribution in [0.2, 0.25) is 5.02 Å². The largest absolute Gasteiger partial charge is 0.366 e. The van der Waals surface area contributed by atoms with Crippen LogP contribution in [0.5, 0.6) is 0 Å². The Hall–Kier alpha value is -2.59. The highest BCUT2D eigenvalue weighted by Gasteiger charge is 2.07. The fourth-order valence-corrected chi connectivity index (χ4v) is 2.56. The summed E-state index contributed by atoms with van der Waals surface area (Å²) in [5.41, 5.74) is 2.96. The van der Waals surface area contributed by atoms with Gasteiger partial charge >= 0.3 is 0 Å². The normalized spacial score (nSPS) is 10.4. The van der Waals surface area contributed by atoms with E-state index in [0.29, 0.717) is 12.5 Å². The van der Waals surface area contributed by atoms with Crippen LogP contribution in [-0.4, -0.2) is 16.5 Å². The summed E-state index contributed by atoms with van der Waals surface area (Å²) in [5, 5.41) is 7.26. The van der Waals surface area contributed by atoms with Gasteiger partial charge < -0.3 is 10.6 Å². The molecule has 1 heterocycles. The number of nitrogens with zero attached hydrogens (tertiary/aromatic N) is 2. The van der Waals surface area contributed by atoms with E-state index < -0.39 is 0 Å². The number of benzene rings is 2. The van der Waals surface area contributed by atoms with Crippen LogP contribution in [0.25, 0.3) is 11.3 Å². The van der Waals surface area contributed by atoms with Crippen molar-refractivity contribution in [1.29, 1.82) is 0 Å². The minimum absolute atomic E-state index is 0.608. The molecule has 0 aliphatic rings. The quantitative estimate of drug-likeness (QED) is 0.675. The van der Waals surface area contributed by atoms with Crippen molar-refractivity contribution in [1.82, 2.24) is 9.97 Å². The van der Waals surface area contributed by atoms with Gasteiger partial charge in [0.25, 0.3) is 0 Å². The van der Waals surface area contributed by atoms with Gasteiger partial charge in [-0.3, -0.25) is 0 Å². The molecule has 3 aromatic rings. The highest BCUT2D eigenvalue weighted by molar-refractivity contribution is 6.31. The van der Waals surface area contributed by atoms with Crippen molar-refractivity contribution in [2.24, 2.45) is 0 Å². The van der Waals surface area contributed by atoms with Gasteiger partial charge in [0, 0.05) is 29.7 Å². The van der Waals surface area contributed by atoms with Crippen LogP contribution in [0.4, 0.5) is 11.8 Å². The van der Waals surface area contributed by atoms with Crippen molar-refractivity contribution in [3.05, 3.63) is 71.2 Å². The third-order valence-corrected chi connectivity index (χ3v) is 3.92. The topological polar surface area (TPSA) is 49.8 Å². The van der Waals surface area contributed by atoms with Gasteiger partial charge in [-0.05, 0) is 18.6 Å². The molecule has 0 amide bonds. The van der Waals surface area contributed by atoms with Crippen LogP contribution >= 0.6 is 11.6 Å². The van der Waals surface area contributed by atoms with Crippen LogP contribution in [0.15, 0.2) is 60.7 Å². The predicted octanol–water partition coefficient (Wildman–Crippen LogP) is 4.84. The summed E-state index contributed by atoms with van der Waals surface area (Å²) in [6.07, 6.45) is 0. The molecule has 24 heavy (non-hydrogen) atoms. The summed E-state index contributed by atoms with van der Waals surface area (Å²) in [4.78, 5) is 9.09. The van der Waals surface area contributed by atoms with Gasteiger partial charge in [-0.25, -0.2) is 4.98 Å². The predicted molar refractivity (Wildman–Crippen MR) is 100 cm³/mol. The molecular weight excluding hydrogens is 320 g/mol. The van der Waals surface area contributed by atoms with E-state index in [1.807, 2.05) is 67.6 Å². The first kappa shape index (κ1) is 16.3. The molecule has 2 N–H and O–H groups in total. The van der Waals surface area contributed by atoms with Crippen LogP contribution in [-0.2, 0) is 6.54 Å². The maximum atomic E-state index is 6.21. The SMILES string of the molecule is CCNc1nc(NCc2ccccc2Cl)cc(-c2ccccc2)n1. The molecule has 0 saturated heterocycles. The number of aromatic nitrogens is 2. The molecule has 0 bridgehead atoms. The average Bonchev–Trinajstić information content (AvgIpc) is 2.62. The van der Waals surface area contributed by atoms with Crippen molar-refractivity contribution in [3.8, 4) is 11.3 Å². The van der Waals surface area contributed by atoms with Crippen LogP contribution in [0.3, 0.4) is 0 Å². The molecule has 1 aromatic heterocycles. The molecule has 0 spiro atoms. The van der Waals surface area contributed by atoms with Crippen LogP contribution in [0, 0.1) is 0 Å². The van der Waals surface area contributed by atoms with Crippen LogP contribution < -0.4 is 10.6 Å². The Bertz CT molecular complexity index is 805. The van der Waals surface area contributed by atoms with E-state index in [-0.39, 0.29) is 0 Å². The van der Waals surface area contributed by atoms with Gasteiger partial charge in [0.05, 0.1) is 5.69 Å². The second kappa shape index (κ2) is 7.79. The van der Waals surface area contributed by atoms with Gasteiger partial charge in [-0.15, -0.1) is 0 Å². The lowest BCUT2D eigenvalue weighted by molar-refractivity contribution is 1.05. The number of anilines is 2. The Balaban J connectivity index is 1.86. The number of nitrogens with one attached hydrogen (secondary N) is 2. The van der Waals surface area contributed by atoms with E-state index in [4.69, 9.17) is 11.6 Å². The third-order valence-electron chi connectivity index (χ3n) is 3.55. The molecule has 2 aromatic carbocycles. The number of hydrogen-bond acceptors (Lipinski definition) is 4. The summed E-state index contributed by atoms with van der Waals surface area (Å²) >= 11 is 6.21. The zero-order chi connectivity index (χ0) is 16.8. The summed E-state index contributed by atoms with van der Waals surface area (Å²) in [6, 6.07) is 19.8. The molecule has 0 aliphatic heterocycles. The number of halogens is 1. The van der Waals surface area contributed by atoms with E-state index in [1.54, 1.807) is 0 Å². The Kier molecular flexibility index (Phi) is 5.29. The minimum atomic E-state index is 0.608. The van der Waals surface area contributed by atoms with Gasteiger partial charge in [0.15, 0.2) is 0 Å². The van der Waals surface area contributed by atoms with Crippen LogP contribution in [0.1, 0.15) is 12.5 Å². The molecule has 0 radical (unpaired) electrons. The molecule has 4 nitrogen and oxygen atoms in total. The molecule has 5 heteroatoms. The lowest BCUT2D eigenvalue weighted by Gasteiger charge is -2.11. The van der Waals surface area contributed by atoms with E-state index in [1.165, 1.54) is 0 Å². The zero-order valence-corrected chi connectivity index (χ0v) is 14.2. The Labute approximate surface area is 146 Å². The molecular formula is C19H19ClN4. The molecule has 122 valence electrons. The van der Waals surface area contributed by atoms with E-state index in [0.717, 1.165) is 34.2 Å². The Morgan fingerprint density at radius 2 is 1.67 bits per heavy atom. The first-order valence-electron chi connectivity index (χ1n) is 7.92. The number of rotatable bonds is 6. The van der Waals surface area contributed by atoms with Crippen molar-refractivity contribution in [2.75, 3.05) is 17.2 Å². The zero-order valence-electron chi connectivity index (χ0n) is 13.5. The van der Waals surface area contributed by atoms with Gasteiger partial charge in [0.2, 0.25) is 5.95 Å². The molecule has 0 saturated carbocycles.